The molecule has 378 valence electrons. The van der Waals surface area contributed by atoms with Crippen LogP contribution in [0, 0.1) is 0 Å². The number of ether oxygens (including phenoxy) is 4. The van der Waals surface area contributed by atoms with Gasteiger partial charge in [0.05, 0.1) is 0 Å². The fourth-order valence-electron chi connectivity index (χ4n) is 5.94. The molecular formula is C40H44F12O12Rh2. The van der Waals surface area contributed by atoms with E-state index in [9.17, 15) is 52.7 Å². The summed E-state index contributed by atoms with van der Waals surface area (Å²) in [6, 6.07) is 25.9. The molecule has 4 aromatic carbocycles. The summed E-state index contributed by atoms with van der Waals surface area (Å²) < 4.78 is 172. The van der Waals surface area contributed by atoms with E-state index in [4.69, 9.17) is 40.9 Å². The molecule has 66 heavy (non-hydrogen) atoms. The minimum atomic E-state index is -4.93. The van der Waals surface area contributed by atoms with Crippen LogP contribution in [0.3, 0.4) is 0 Å². The smallest absolute Gasteiger partial charge is 0.365 e. The molecule has 0 saturated carbocycles. The fraction of sp³-hybridized carbons (Fsp3) is 0.400. The molecule has 0 aromatic heterocycles. The Balaban J connectivity index is 0. The summed E-state index contributed by atoms with van der Waals surface area (Å²) in [5, 5.41) is 71.7. The van der Waals surface area contributed by atoms with Crippen LogP contribution < -0.4 is 0 Å². The minimum Gasteiger partial charge on any atom is -0.365 e. The van der Waals surface area contributed by atoms with Crippen LogP contribution in [0.5, 0.6) is 0 Å². The van der Waals surface area contributed by atoms with E-state index in [1.807, 2.05) is 0 Å². The minimum absolute atomic E-state index is 0. The van der Waals surface area contributed by atoms with Gasteiger partial charge in [0.2, 0.25) is 22.4 Å². The molecule has 4 rings (SSSR count). The van der Waals surface area contributed by atoms with Crippen LogP contribution in [0.2, 0.25) is 0 Å². The van der Waals surface area contributed by atoms with Crippen molar-refractivity contribution >= 4 is 0 Å². The van der Waals surface area contributed by atoms with Crippen molar-refractivity contribution in [2.45, 2.75) is 72.3 Å². The van der Waals surface area contributed by atoms with Gasteiger partial charge in [0.15, 0.2) is 25.2 Å². The molecule has 12 nitrogen and oxygen atoms in total. The van der Waals surface area contributed by atoms with E-state index in [0.717, 1.165) is 77.0 Å². The van der Waals surface area contributed by atoms with Gasteiger partial charge in [0.25, 0.3) is 0 Å². The molecule has 4 aromatic rings. The van der Waals surface area contributed by atoms with E-state index in [1.165, 1.54) is 72.8 Å². The maximum atomic E-state index is 12.9. The van der Waals surface area contributed by atoms with E-state index in [0.29, 0.717) is 0 Å². The first kappa shape index (κ1) is 64.9. The van der Waals surface area contributed by atoms with E-state index < -0.39 is 72.3 Å². The third-order valence-electron chi connectivity index (χ3n) is 9.24. The van der Waals surface area contributed by atoms with Gasteiger partial charge in [-0.3, -0.25) is 0 Å². The standard InChI is InChI=1S/4C10H11F3O3.2Rh/c4*1-16-9(8(14)15,10(11,12)13)7-5-3-2-4-6-7;;/h4*2-6,8,14-15H,1H3;;/t4*9-;;/m1100../s1. The Morgan fingerprint density at radius 2 is 0.409 bits per heavy atom. The Labute approximate surface area is 394 Å². The van der Waals surface area contributed by atoms with Crippen molar-refractivity contribution in [1.29, 1.82) is 0 Å². The van der Waals surface area contributed by atoms with Gasteiger partial charge in [0, 0.05) is 67.4 Å². The van der Waals surface area contributed by atoms with Gasteiger partial charge in [-0.2, -0.15) is 52.7 Å². The molecule has 0 aliphatic rings. The molecule has 0 fully saturated rings. The van der Waals surface area contributed by atoms with E-state index in [2.05, 4.69) is 18.9 Å². The summed E-state index contributed by atoms with van der Waals surface area (Å²) >= 11 is 0. The van der Waals surface area contributed by atoms with Crippen molar-refractivity contribution in [2.75, 3.05) is 28.4 Å². The third kappa shape index (κ3) is 14.0. The number of hydrogen-bond acceptors (Lipinski definition) is 12. The van der Waals surface area contributed by atoms with Crippen molar-refractivity contribution < 1.29 is 151 Å². The van der Waals surface area contributed by atoms with Crippen LogP contribution in [-0.2, 0) is 80.3 Å². The predicted molar refractivity (Wildman–Crippen MR) is 198 cm³/mol. The third-order valence-corrected chi connectivity index (χ3v) is 9.24. The molecule has 0 aliphatic carbocycles. The average Bonchev–Trinajstić information content (AvgIpc) is 3.19. The van der Waals surface area contributed by atoms with Gasteiger partial charge >= 0.3 is 24.7 Å². The number of methoxy groups -OCH3 is 4. The molecular weight excluding hydrogens is 1110 g/mol. The van der Waals surface area contributed by atoms with Gasteiger partial charge < -0.3 is 59.8 Å². The first-order valence-electron chi connectivity index (χ1n) is 17.6. The Hall–Kier alpha value is -3.19. The number of aliphatic hydroxyl groups is 8. The molecule has 2 radical (unpaired) electrons. The zero-order chi connectivity index (χ0) is 49.6. The van der Waals surface area contributed by atoms with Crippen molar-refractivity contribution in [3.05, 3.63) is 144 Å². The topological polar surface area (TPSA) is 199 Å². The summed E-state index contributed by atoms with van der Waals surface area (Å²) in [6.45, 7) is 0. The average molecular weight is 1150 g/mol. The van der Waals surface area contributed by atoms with E-state index in [-0.39, 0.29) is 61.2 Å². The molecule has 0 unspecified atom stereocenters. The number of hydrogen-bond donors (Lipinski definition) is 8. The van der Waals surface area contributed by atoms with Gasteiger partial charge in [-0.15, -0.1) is 0 Å². The van der Waals surface area contributed by atoms with Crippen molar-refractivity contribution in [2.24, 2.45) is 0 Å². The molecule has 8 N–H and O–H groups in total. The van der Waals surface area contributed by atoms with Crippen LogP contribution in [0.15, 0.2) is 121 Å². The Morgan fingerprint density at radius 3 is 0.485 bits per heavy atom. The largest absolute Gasteiger partial charge is 0.426 e. The number of aliphatic hydroxyl groups excluding tert-OH is 4. The first-order chi connectivity index (χ1) is 29.4. The number of benzene rings is 4. The monoisotopic (exact) mass is 1150 g/mol. The molecule has 0 spiro atoms. The van der Waals surface area contributed by atoms with Crippen molar-refractivity contribution in [3.8, 4) is 0 Å². The second-order valence-electron chi connectivity index (χ2n) is 12.7. The molecule has 26 heteroatoms. The van der Waals surface area contributed by atoms with Gasteiger partial charge in [0.1, 0.15) is 0 Å². The van der Waals surface area contributed by atoms with Crippen LogP contribution in [0.1, 0.15) is 22.3 Å². The molecule has 4 atom stereocenters. The molecule has 0 heterocycles. The van der Waals surface area contributed by atoms with Gasteiger partial charge in [-0.25, -0.2) is 0 Å². The quantitative estimate of drug-likeness (QED) is 0.0498. The normalized spacial score (nSPS) is 15.7. The summed E-state index contributed by atoms with van der Waals surface area (Å²) in [5.74, 6) is 0. The predicted octanol–water partition coefficient (Wildman–Crippen LogP) is 5.60. The fourth-order valence-corrected chi connectivity index (χ4v) is 5.94. The maximum Gasteiger partial charge on any atom is 0.426 e. The summed E-state index contributed by atoms with van der Waals surface area (Å²) in [5.41, 5.74) is -13.9. The SMILES string of the molecule is CO[C@@](c1ccccc1)(C(O)O)C(F)(F)F.CO[C@@](c1ccccc1)(C(O)O)C(F)(F)F.CO[C@](c1ccccc1)(C(O)O)C(F)(F)F.CO[C@](c1ccccc1)(C(O)O)C(F)(F)F.[Rh].[Rh]. The molecule has 0 saturated heterocycles. The van der Waals surface area contributed by atoms with E-state index in [1.54, 1.807) is 0 Å². The molecule has 0 aliphatic heterocycles. The summed E-state index contributed by atoms with van der Waals surface area (Å²) in [4.78, 5) is 0. The molecule has 0 bridgehead atoms. The summed E-state index contributed by atoms with van der Waals surface area (Å²) in [6.07, 6.45) is -30.5. The van der Waals surface area contributed by atoms with Crippen LogP contribution in [0.4, 0.5) is 52.7 Å². The van der Waals surface area contributed by atoms with Crippen LogP contribution >= 0.6 is 0 Å². The Kier molecular flexibility index (Phi) is 26.1. The van der Waals surface area contributed by atoms with Crippen LogP contribution in [-0.4, -0.2) is 119 Å². The number of alkyl halides is 12. The summed E-state index contributed by atoms with van der Waals surface area (Å²) in [7, 11) is 3.11. The Morgan fingerprint density at radius 1 is 0.288 bits per heavy atom. The van der Waals surface area contributed by atoms with Gasteiger partial charge in [-0.1, -0.05) is 121 Å². The van der Waals surface area contributed by atoms with Crippen molar-refractivity contribution in [3.63, 3.8) is 0 Å². The zero-order valence-corrected chi connectivity index (χ0v) is 37.5. The van der Waals surface area contributed by atoms with Crippen LogP contribution in [0.25, 0.3) is 0 Å². The van der Waals surface area contributed by atoms with Crippen molar-refractivity contribution in [1.82, 2.24) is 0 Å². The molecule has 0 amide bonds. The zero-order valence-electron chi connectivity index (χ0n) is 34.3. The maximum absolute atomic E-state index is 12.9. The second-order valence-corrected chi connectivity index (χ2v) is 12.7. The Bertz CT molecular complexity index is 1640. The van der Waals surface area contributed by atoms with E-state index >= 15 is 0 Å². The number of rotatable bonds is 12. The number of halogens is 12. The van der Waals surface area contributed by atoms with Gasteiger partial charge in [-0.05, 0) is 22.3 Å². The second kappa shape index (κ2) is 26.5. The first-order valence-corrected chi connectivity index (χ1v) is 17.6.